The third-order valence-corrected chi connectivity index (χ3v) is 7.60. The molecule has 0 bridgehead atoms. The number of non-ortho nitro benzene ring substituents is 1. The first-order valence-electron chi connectivity index (χ1n) is 14.5. The molecule has 0 fully saturated rings. The van der Waals surface area contributed by atoms with Gasteiger partial charge >= 0.3 is 11.7 Å². The number of nitrogens with zero attached hydrogens (tertiary/aromatic N) is 5. The molecule has 1 N–H and O–H groups in total. The van der Waals surface area contributed by atoms with E-state index in [1.165, 1.54) is 13.0 Å². The molecule has 1 amide bonds. The van der Waals surface area contributed by atoms with E-state index in [1.54, 1.807) is 24.3 Å². The number of esters is 1. The lowest BCUT2D eigenvalue weighted by atomic mass is 10.0. The summed E-state index contributed by atoms with van der Waals surface area (Å²) in [6, 6.07) is 23.4. The number of amides is 1. The summed E-state index contributed by atoms with van der Waals surface area (Å²) in [7, 11) is 0. The predicted molar refractivity (Wildman–Crippen MR) is 182 cm³/mol. The van der Waals surface area contributed by atoms with Crippen LogP contribution in [0.15, 0.2) is 99.6 Å². The van der Waals surface area contributed by atoms with Crippen molar-refractivity contribution in [2.45, 2.75) is 20.3 Å². The van der Waals surface area contributed by atoms with Crippen LogP contribution in [0.1, 0.15) is 30.6 Å². The molecule has 0 aliphatic carbocycles. The van der Waals surface area contributed by atoms with Crippen molar-refractivity contribution in [2.24, 2.45) is 10.2 Å². The van der Waals surface area contributed by atoms with Crippen molar-refractivity contribution < 1.29 is 29.0 Å². The minimum Gasteiger partial charge on any atom is -0.457 e. The Hall–Kier alpha value is -5.83. The molecule has 0 heterocycles. The van der Waals surface area contributed by atoms with E-state index in [1.807, 2.05) is 54.3 Å². The normalized spacial score (nSPS) is 10.8. The molecular weight excluding hydrogens is 688 g/mol. The number of nitro groups is 2. The maximum absolute atomic E-state index is 12.6. The van der Waals surface area contributed by atoms with Crippen LogP contribution in [-0.2, 0) is 14.3 Å². The molecule has 0 aliphatic heterocycles. The molecule has 0 radical (unpaired) electrons. The fourth-order valence-corrected chi connectivity index (χ4v) is 5.11. The number of anilines is 2. The molecule has 0 spiro atoms. The minimum atomic E-state index is -0.812. The van der Waals surface area contributed by atoms with Crippen LogP contribution >= 0.6 is 15.9 Å². The van der Waals surface area contributed by atoms with Crippen LogP contribution in [0.25, 0.3) is 11.1 Å². The summed E-state index contributed by atoms with van der Waals surface area (Å²) in [5.41, 5.74) is 2.02. The van der Waals surface area contributed by atoms with Crippen molar-refractivity contribution in [3.05, 3.63) is 115 Å². The summed E-state index contributed by atoms with van der Waals surface area (Å²) >= 11 is 3.08. The Morgan fingerprint density at radius 1 is 0.896 bits per heavy atom. The SMILES string of the molecule is CCN(CCC(=O)OCC(=O)c1ccc(-c2ccccc2)cc1)c1ccc(N=Nc2c(Br)cc([N+](=O)[O-])cc2[N+](=O)[O-])c(NC(C)=O)c1. The number of nitrogens with one attached hydrogen (secondary N) is 1. The monoisotopic (exact) mass is 716 g/mol. The molecule has 4 aromatic rings. The van der Waals surface area contributed by atoms with Gasteiger partial charge < -0.3 is 15.0 Å². The number of ether oxygens (including phenoxy) is 1. The van der Waals surface area contributed by atoms with E-state index in [-0.39, 0.29) is 40.3 Å². The average molecular weight is 718 g/mol. The van der Waals surface area contributed by atoms with Crippen molar-refractivity contribution in [1.82, 2.24) is 0 Å². The number of rotatable bonds is 14. The van der Waals surface area contributed by atoms with Gasteiger partial charge in [-0.3, -0.25) is 34.6 Å². The lowest BCUT2D eigenvalue weighted by molar-refractivity contribution is -0.393. The van der Waals surface area contributed by atoms with E-state index in [0.29, 0.717) is 17.8 Å². The first kappa shape index (κ1) is 35.0. The van der Waals surface area contributed by atoms with E-state index < -0.39 is 39.7 Å². The molecular formula is C33H29BrN6O8. The number of halogens is 1. The third-order valence-electron chi connectivity index (χ3n) is 7.00. The van der Waals surface area contributed by atoms with Gasteiger partial charge in [0.2, 0.25) is 5.91 Å². The van der Waals surface area contributed by atoms with Gasteiger partial charge in [0.25, 0.3) is 5.69 Å². The predicted octanol–water partition coefficient (Wildman–Crippen LogP) is 7.95. The summed E-state index contributed by atoms with van der Waals surface area (Å²) in [5, 5.41) is 33.4. The van der Waals surface area contributed by atoms with Gasteiger partial charge in [-0.25, -0.2) is 0 Å². The van der Waals surface area contributed by atoms with Crippen molar-refractivity contribution in [1.29, 1.82) is 0 Å². The van der Waals surface area contributed by atoms with Gasteiger partial charge in [-0.2, -0.15) is 0 Å². The second-order valence-corrected chi connectivity index (χ2v) is 11.1. The fraction of sp³-hybridized carbons (Fsp3) is 0.182. The number of azo groups is 1. The van der Waals surface area contributed by atoms with Crippen LogP contribution in [0.3, 0.4) is 0 Å². The summed E-state index contributed by atoms with van der Waals surface area (Å²) in [5.74, 6) is -1.31. The van der Waals surface area contributed by atoms with Crippen molar-refractivity contribution in [3.63, 3.8) is 0 Å². The summed E-state index contributed by atoms with van der Waals surface area (Å²) in [6.45, 7) is 3.47. The molecule has 0 aliphatic rings. The van der Waals surface area contributed by atoms with E-state index in [2.05, 4.69) is 31.5 Å². The number of nitro benzene ring substituents is 2. The molecule has 14 nitrogen and oxygen atoms in total. The zero-order valence-electron chi connectivity index (χ0n) is 25.8. The van der Waals surface area contributed by atoms with Crippen LogP contribution < -0.4 is 10.2 Å². The first-order chi connectivity index (χ1) is 23.0. The molecule has 15 heteroatoms. The highest BCUT2D eigenvalue weighted by molar-refractivity contribution is 9.10. The highest BCUT2D eigenvalue weighted by Crippen LogP contribution is 2.41. The van der Waals surface area contributed by atoms with Gasteiger partial charge in [-0.05, 0) is 52.2 Å². The van der Waals surface area contributed by atoms with Crippen molar-refractivity contribution in [3.8, 4) is 11.1 Å². The van der Waals surface area contributed by atoms with Crippen LogP contribution in [-0.4, -0.2) is 47.2 Å². The number of carbonyl (C=O) groups is 3. The largest absolute Gasteiger partial charge is 0.457 e. The van der Waals surface area contributed by atoms with Crippen LogP contribution in [0.2, 0.25) is 0 Å². The zero-order chi connectivity index (χ0) is 34.8. The quantitative estimate of drug-likeness (QED) is 0.0444. The van der Waals surface area contributed by atoms with E-state index >= 15 is 0 Å². The summed E-state index contributed by atoms with van der Waals surface area (Å²) in [4.78, 5) is 60.1. The smallest absolute Gasteiger partial charge is 0.308 e. The average Bonchev–Trinajstić information content (AvgIpc) is 3.07. The van der Waals surface area contributed by atoms with E-state index in [0.717, 1.165) is 23.3 Å². The van der Waals surface area contributed by atoms with Gasteiger partial charge in [-0.15, -0.1) is 10.2 Å². The highest BCUT2D eigenvalue weighted by atomic mass is 79.9. The molecule has 0 unspecified atom stereocenters. The minimum absolute atomic E-state index is 0.0171. The molecule has 4 aromatic carbocycles. The lowest BCUT2D eigenvalue weighted by Crippen LogP contribution is -2.27. The fourth-order valence-electron chi connectivity index (χ4n) is 4.59. The Kier molecular flexibility index (Phi) is 11.8. The number of Topliss-reactive ketones (excluding diaryl/α,β-unsaturated/α-hetero) is 1. The van der Waals surface area contributed by atoms with E-state index in [9.17, 15) is 34.6 Å². The number of ketones is 1. The second-order valence-electron chi connectivity index (χ2n) is 10.2. The highest BCUT2D eigenvalue weighted by Gasteiger charge is 2.24. The zero-order valence-corrected chi connectivity index (χ0v) is 27.4. The Labute approximate surface area is 282 Å². The maximum Gasteiger partial charge on any atom is 0.308 e. The first-order valence-corrected chi connectivity index (χ1v) is 15.3. The lowest BCUT2D eigenvalue weighted by Gasteiger charge is -2.23. The van der Waals surface area contributed by atoms with Gasteiger partial charge in [0.1, 0.15) is 5.69 Å². The molecule has 246 valence electrons. The van der Waals surface area contributed by atoms with Crippen molar-refractivity contribution >= 4 is 67.7 Å². The van der Waals surface area contributed by atoms with Crippen LogP contribution in [0, 0.1) is 20.2 Å². The van der Waals surface area contributed by atoms with Gasteiger partial charge in [0, 0.05) is 37.3 Å². The van der Waals surface area contributed by atoms with Gasteiger partial charge in [-0.1, -0.05) is 54.6 Å². The third kappa shape index (κ3) is 9.13. The number of benzene rings is 4. The Morgan fingerprint density at radius 2 is 1.58 bits per heavy atom. The number of hydrogen-bond donors (Lipinski definition) is 1. The molecule has 0 saturated carbocycles. The number of carbonyl (C=O) groups excluding carboxylic acids is 3. The number of hydrogen-bond acceptors (Lipinski definition) is 11. The molecule has 48 heavy (non-hydrogen) atoms. The standard InChI is InChI=1S/C33H29BrN6O8/c1-3-38(16-15-32(43)48-20-31(42)24-11-9-23(10-12-24)22-7-5-4-6-8-22)25-13-14-28(29(18-25)35-21(2)41)36-37-33-27(34)17-26(39(44)45)19-30(33)40(46)47/h4-14,17-19H,3,15-16,20H2,1-2H3,(H,35,41). The molecule has 0 saturated heterocycles. The second kappa shape index (κ2) is 16.1. The Morgan fingerprint density at radius 3 is 2.21 bits per heavy atom. The summed E-state index contributed by atoms with van der Waals surface area (Å²) in [6.07, 6.45) is -0.0250. The van der Waals surface area contributed by atoms with E-state index in [4.69, 9.17) is 4.74 Å². The molecule has 0 aromatic heterocycles. The van der Waals surface area contributed by atoms with Crippen LogP contribution in [0.4, 0.5) is 34.1 Å². The molecule has 0 atom stereocenters. The topological polar surface area (TPSA) is 187 Å². The summed E-state index contributed by atoms with van der Waals surface area (Å²) < 4.78 is 5.22. The Balaban J connectivity index is 1.42. The Bertz CT molecular complexity index is 1880. The van der Waals surface area contributed by atoms with Gasteiger partial charge in [0.05, 0.1) is 32.5 Å². The van der Waals surface area contributed by atoms with Gasteiger partial charge in [0.15, 0.2) is 18.1 Å². The van der Waals surface area contributed by atoms with Crippen LogP contribution in [0.5, 0.6) is 0 Å². The van der Waals surface area contributed by atoms with Crippen molar-refractivity contribution in [2.75, 3.05) is 29.9 Å². The molecule has 4 rings (SSSR count). The maximum atomic E-state index is 12.6.